The van der Waals surface area contributed by atoms with Crippen molar-refractivity contribution in [2.75, 3.05) is 19.7 Å². The average Bonchev–Trinajstić information content (AvgIpc) is 2.87. The van der Waals surface area contributed by atoms with Gasteiger partial charge in [-0.2, -0.15) is 5.10 Å². The van der Waals surface area contributed by atoms with Gasteiger partial charge in [0.25, 0.3) is 0 Å². The molecule has 16 heavy (non-hydrogen) atoms. The molecule has 2 aliphatic heterocycles. The Hall–Kier alpha value is -0.870. The fraction of sp³-hybridized carbons (Fsp3) is 0.750. The molecule has 1 aromatic heterocycles. The van der Waals surface area contributed by atoms with Crippen LogP contribution < -0.4 is 5.32 Å². The first-order valence-corrected chi connectivity index (χ1v) is 6.11. The Bertz CT molecular complexity index is 368. The molecule has 1 unspecified atom stereocenters. The summed E-state index contributed by atoms with van der Waals surface area (Å²) in [5.41, 5.74) is 1.49. The van der Waals surface area contributed by atoms with Crippen molar-refractivity contribution in [3.05, 3.63) is 18.0 Å². The minimum absolute atomic E-state index is 0.158. The molecule has 3 rings (SSSR count). The first-order valence-electron chi connectivity index (χ1n) is 6.11. The highest BCUT2D eigenvalue weighted by Crippen LogP contribution is 2.41. The van der Waals surface area contributed by atoms with Gasteiger partial charge in [-0.1, -0.05) is 0 Å². The lowest BCUT2D eigenvalue weighted by molar-refractivity contribution is -0.0193. The van der Waals surface area contributed by atoms with Gasteiger partial charge in [0, 0.05) is 19.2 Å². The first-order chi connectivity index (χ1) is 7.77. The van der Waals surface area contributed by atoms with Gasteiger partial charge in [0.15, 0.2) is 0 Å². The van der Waals surface area contributed by atoms with Crippen LogP contribution in [0.3, 0.4) is 0 Å². The molecule has 1 atom stereocenters. The zero-order chi connectivity index (χ0) is 11.0. The molecular weight excluding hydrogens is 202 g/mol. The predicted molar refractivity (Wildman–Crippen MR) is 61.4 cm³/mol. The standard InChI is InChI=1S/C12H19N3O/c1-15-8-11(7-14-15)10-6-12(16-9-10)2-4-13-5-3-12/h7-8,10,13H,2-6,9H2,1H3. The van der Waals surface area contributed by atoms with Gasteiger partial charge in [0.2, 0.25) is 0 Å². The average molecular weight is 221 g/mol. The summed E-state index contributed by atoms with van der Waals surface area (Å²) in [4.78, 5) is 0. The Kier molecular flexibility index (Phi) is 2.48. The number of hydrogen-bond acceptors (Lipinski definition) is 3. The number of rotatable bonds is 1. The predicted octanol–water partition coefficient (Wildman–Crippen LogP) is 1.05. The topological polar surface area (TPSA) is 39.1 Å². The number of piperidine rings is 1. The molecule has 3 heterocycles. The monoisotopic (exact) mass is 221 g/mol. The number of aromatic nitrogens is 2. The molecule has 1 spiro atoms. The number of hydrogen-bond donors (Lipinski definition) is 1. The molecule has 88 valence electrons. The Labute approximate surface area is 96.0 Å². The van der Waals surface area contributed by atoms with Crippen molar-refractivity contribution in [3.8, 4) is 0 Å². The molecule has 4 heteroatoms. The van der Waals surface area contributed by atoms with Crippen molar-refractivity contribution >= 4 is 0 Å². The maximum Gasteiger partial charge on any atom is 0.0713 e. The van der Waals surface area contributed by atoms with Crippen LogP contribution in [0.15, 0.2) is 12.4 Å². The summed E-state index contributed by atoms with van der Waals surface area (Å²) in [7, 11) is 1.97. The number of aryl methyl sites for hydroxylation is 1. The minimum atomic E-state index is 0.158. The van der Waals surface area contributed by atoms with Gasteiger partial charge in [-0.05, 0) is 37.9 Å². The van der Waals surface area contributed by atoms with E-state index in [4.69, 9.17) is 4.74 Å². The Morgan fingerprint density at radius 2 is 2.31 bits per heavy atom. The summed E-state index contributed by atoms with van der Waals surface area (Å²) in [6.45, 7) is 3.06. The molecule has 2 aliphatic rings. The maximum atomic E-state index is 6.08. The number of nitrogens with zero attached hydrogens (tertiary/aromatic N) is 2. The second kappa shape index (κ2) is 3.86. The van der Waals surface area contributed by atoms with Crippen LogP contribution in [0, 0.1) is 0 Å². The second-order valence-corrected chi connectivity index (χ2v) is 5.09. The third-order valence-corrected chi connectivity index (χ3v) is 3.92. The minimum Gasteiger partial charge on any atom is -0.374 e. The highest BCUT2D eigenvalue weighted by molar-refractivity contribution is 5.15. The molecule has 0 aliphatic carbocycles. The summed E-state index contributed by atoms with van der Waals surface area (Å²) in [5.74, 6) is 0.548. The molecule has 2 saturated heterocycles. The highest BCUT2D eigenvalue weighted by Gasteiger charge is 2.41. The van der Waals surface area contributed by atoms with Crippen molar-refractivity contribution in [1.29, 1.82) is 0 Å². The molecule has 0 radical (unpaired) electrons. The van der Waals surface area contributed by atoms with Crippen molar-refractivity contribution in [2.45, 2.75) is 30.8 Å². The molecule has 0 saturated carbocycles. The molecular formula is C12H19N3O. The lowest BCUT2D eigenvalue weighted by atomic mass is 9.84. The van der Waals surface area contributed by atoms with Crippen LogP contribution in [0.5, 0.6) is 0 Å². The molecule has 0 amide bonds. The Balaban J connectivity index is 1.72. The van der Waals surface area contributed by atoms with Crippen LogP contribution in [0.4, 0.5) is 0 Å². The summed E-state index contributed by atoms with van der Waals surface area (Å²) in [6, 6.07) is 0. The van der Waals surface area contributed by atoms with Gasteiger partial charge in [-0.3, -0.25) is 4.68 Å². The molecule has 2 fully saturated rings. The van der Waals surface area contributed by atoms with Crippen LogP contribution in [0.2, 0.25) is 0 Å². The molecule has 1 N–H and O–H groups in total. The van der Waals surface area contributed by atoms with E-state index in [-0.39, 0.29) is 5.60 Å². The molecule has 1 aromatic rings. The van der Waals surface area contributed by atoms with Gasteiger partial charge in [0.1, 0.15) is 0 Å². The third kappa shape index (κ3) is 1.76. The van der Waals surface area contributed by atoms with E-state index in [0.717, 1.165) is 32.5 Å². The van der Waals surface area contributed by atoms with Crippen molar-refractivity contribution < 1.29 is 4.74 Å². The van der Waals surface area contributed by atoms with Crippen molar-refractivity contribution in [1.82, 2.24) is 15.1 Å². The van der Waals surface area contributed by atoms with E-state index in [2.05, 4.69) is 16.6 Å². The lowest BCUT2D eigenvalue weighted by Crippen LogP contribution is -2.41. The third-order valence-electron chi connectivity index (χ3n) is 3.92. The summed E-state index contributed by atoms with van der Waals surface area (Å²) < 4.78 is 7.96. The summed E-state index contributed by atoms with van der Waals surface area (Å²) in [6.07, 6.45) is 7.58. The Morgan fingerprint density at radius 1 is 1.50 bits per heavy atom. The van der Waals surface area contributed by atoms with E-state index in [1.807, 2.05) is 17.9 Å². The fourth-order valence-corrected chi connectivity index (χ4v) is 2.94. The SMILES string of the molecule is Cn1cc(C2COC3(CCNCC3)C2)cn1. The zero-order valence-electron chi connectivity index (χ0n) is 9.78. The summed E-state index contributed by atoms with van der Waals surface area (Å²) in [5, 5.41) is 7.64. The highest BCUT2D eigenvalue weighted by atomic mass is 16.5. The van der Waals surface area contributed by atoms with Crippen LogP contribution in [0.25, 0.3) is 0 Å². The normalized spacial score (nSPS) is 28.7. The lowest BCUT2D eigenvalue weighted by Gasteiger charge is -2.32. The number of nitrogens with one attached hydrogen (secondary N) is 1. The van der Waals surface area contributed by atoms with Crippen LogP contribution in [-0.4, -0.2) is 35.1 Å². The van der Waals surface area contributed by atoms with E-state index >= 15 is 0 Å². The van der Waals surface area contributed by atoms with Gasteiger partial charge < -0.3 is 10.1 Å². The van der Waals surface area contributed by atoms with E-state index in [0.29, 0.717) is 5.92 Å². The first kappa shape index (κ1) is 10.3. The largest absolute Gasteiger partial charge is 0.374 e. The Morgan fingerprint density at radius 3 is 3.00 bits per heavy atom. The fourth-order valence-electron chi connectivity index (χ4n) is 2.94. The number of ether oxygens (including phenoxy) is 1. The smallest absolute Gasteiger partial charge is 0.0713 e. The van der Waals surface area contributed by atoms with E-state index < -0.39 is 0 Å². The van der Waals surface area contributed by atoms with E-state index in [1.165, 1.54) is 12.0 Å². The van der Waals surface area contributed by atoms with Gasteiger partial charge in [-0.15, -0.1) is 0 Å². The maximum absolute atomic E-state index is 6.08. The van der Waals surface area contributed by atoms with Gasteiger partial charge >= 0.3 is 0 Å². The van der Waals surface area contributed by atoms with E-state index in [1.54, 1.807) is 0 Å². The summed E-state index contributed by atoms with van der Waals surface area (Å²) >= 11 is 0. The molecule has 0 aromatic carbocycles. The van der Waals surface area contributed by atoms with Crippen molar-refractivity contribution in [2.24, 2.45) is 7.05 Å². The van der Waals surface area contributed by atoms with Gasteiger partial charge in [0.05, 0.1) is 18.4 Å². The van der Waals surface area contributed by atoms with Crippen LogP contribution in [0.1, 0.15) is 30.7 Å². The quantitative estimate of drug-likeness (QED) is 0.770. The van der Waals surface area contributed by atoms with Crippen LogP contribution >= 0.6 is 0 Å². The zero-order valence-corrected chi connectivity index (χ0v) is 9.78. The van der Waals surface area contributed by atoms with Crippen LogP contribution in [-0.2, 0) is 11.8 Å². The molecule has 0 bridgehead atoms. The molecule has 4 nitrogen and oxygen atoms in total. The second-order valence-electron chi connectivity index (χ2n) is 5.09. The van der Waals surface area contributed by atoms with Gasteiger partial charge in [-0.25, -0.2) is 0 Å². The van der Waals surface area contributed by atoms with Crippen molar-refractivity contribution in [3.63, 3.8) is 0 Å². The van der Waals surface area contributed by atoms with E-state index in [9.17, 15) is 0 Å².